The molecule has 4 bridgehead atoms. The molecule has 0 aromatic carbocycles. The first kappa shape index (κ1) is 20.4. The van der Waals surface area contributed by atoms with E-state index in [2.05, 4.69) is 10.6 Å². The van der Waals surface area contributed by atoms with Gasteiger partial charge in [-0.05, 0) is 80.1 Å². The number of amides is 2. The van der Waals surface area contributed by atoms with Crippen LogP contribution in [0.15, 0.2) is 17.5 Å². The van der Waals surface area contributed by atoms with E-state index in [1.165, 1.54) is 38.5 Å². The summed E-state index contributed by atoms with van der Waals surface area (Å²) in [6.07, 6.45) is 8.06. The molecular weight excluding hydrogens is 388 g/mol. The van der Waals surface area contributed by atoms with E-state index in [4.69, 9.17) is 4.74 Å². The fraction of sp³-hybridized carbons (Fsp3) is 0.682. The van der Waals surface area contributed by atoms with Crippen LogP contribution in [0.25, 0.3) is 0 Å². The highest BCUT2D eigenvalue weighted by atomic mass is 32.1. The van der Waals surface area contributed by atoms with Crippen molar-refractivity contribution in [1.82, 2.24) is 10.6 Å². The lowest BCUT2D eigenvalue weighted by Gasteiger charge is -2.56. The predicted octanol–water partition coefficient (Wildman–Crippen LogP) is 3.19. The molecule has 4 fully saturated rings. The number of carbonyl (C=O) groups excluding carboxylic acids is 3. The Balaban J connectivity index is 1.15. The molecule has 4 aliphatic rings. The van der Waals surface area contributed by atoms with E-state index in [0.29, 0.717) is 6.42 Å². The van der Waals surface area contributed by atoms with E-state index in [1.807, 2.05) is 24.4 Å². The molecule has 4 aliphatic carbocycles. The van der Waals surface area contributed by atoms with Crippen LogP contribution in [0.4, 0.5) is 0 Å². The van der Waals surface area contributed by atoms with E-state index < -0.39 is 5.97 Å². The second kappa shape index (κ2) is 8.46. The zero-order chi connectivity index (χ0) is 20.4. The van der Waals surface area contributed by atoms with Gasteiger partial charge in [0, 0.05) is 11.3 Å². The maximum atomic E-state index is 12.5. The highest BCUT2D eigenvalue weighted by Gasteiger charge is 2.51. The van der Waals surface area contributed by atoms with Crippen molar-refractivity contribution in [2.75, 3.05) is 13.2 Å². The highest BCUT2D eigenvalue weighted by molar-refractivity contribution is 7.10. The number of nitrogens with one attached hydrogen (secondary N) is 2. The normalized spacial score (nSPS) is 30.6. The van der Waals surface area contributed by atoms with Crippen LogP contribution in [0.1, 0.15) is 62.8 Å². The molecule has 5 rings (SSSR count). The van der Waals surface area contributed by atoms with Crippen molar-refractivity contribution in [3.63, 3.8) is 0 Å². The van der Waals surface area contributed by atoms with Gasteiger partial charge < -0.3 is 15.4 Å². The van der Waals surface area contributed by atoms with Gasteiger partial charge in [0.05, 0.1) is 6.04 Å². The molecule has 6 nitrogen and oxygen atoms in total. The van der Waals surface area contributed by atoms with Crippen molar-refractivity contribution in [3.05, 3.63) is 22.4 Å². The molecule has 2 N–H and O–H groups in total. The Hall–Kier alpha value is -1.89. The molecule has 2 amide bonds. The summed E-state index contributed by atoms with van der Waals surface area (Å²) in [5.74, 6) is 1.40. The van der Waals surface area contributed by atoms with Crippen LogP contribution < -0.4 is 10.6 Å². The first-order valence-corrected chi connectivity index (χ1v) is 11.5. The second-order valence-electron chi connectivity index (χ2n) is 9.34. The van der Waals surface area contributed by atoms with E-state index in [0.717, 1.165) is 22.6 Å². The number of thiophene rings is 1. The number of hydrogen-bond acceptors (Lipinski definition) is 5. The van der Waals surface area contributed by atoms with Gasteiger partial charge in [-0.25, -0.2) is 0 Å². The van der Waals surface area contributed by atoms with Gasteiger partial charge in [0.25, 0.3) is 5.91 Å². The number of esters is 1. The average molecular weight is 419 g/mol. The Morgan fingerprint density at radius 1 is 1.14 bits per heavy atom. The number of ether oxygens (including phenoxy) is 1. The minimum absolute atomic E-state index is 0.0698. The Kier molecular flexibility index (Phi) is 5.95. The Morgan fingerprint density at radius 3 is 2.38 bits per heavy atom. The smallest absolute Gasteiger partial charge is 0.325 e. The van der Waals surface area contributed by atoms with E-state index in [-0.39, 0.29) is 36.4 Å². The second-order valence-corrected chi connectivity index (χ2v) is 10.3. The molecule has 7 heteroatoms. The molecule has 0 radical (unpaired) electrons. The van der Waals surface area contributed by atoms with Gasteiger partial charge in [0.1, 0.15) is 6.54 Å². The molecule has 0 aliphatic heterocycles. The maximum absolute atomic E-state index is 12.5. The lowest BCUT2D eigenvalue weighted by molar-refractivity contribution is -0.149. The van der Waals surface area contributed by atoms with Gasteiger partial charge in [-0.3, -0.25) is 14.4 Å². The fourth-order valence-electron chi connectivity index (χ4n) is 6.17. The van der Waals surface area contributed by atoms with Gasteiger partial charge in [-0.2, -0.15) is 0 Å². The van der Waals surface area contributed by atoms with Crippen molar-refractivity contribution >= 4 is 29.1 Å². The summed E-state index contributed by atoms with van der Waals surface area (Å²) < 4.78 is 5.00. The Morgan fingerprint density at radius 2 is 1.79 bits per heavy atom. The molecule has 0 saturated heterocycles. The van der Waals surface area contributed by atoms with E-state index in [1.54, 1.807) is 11.3 Å². The lowest BCUT2D eigenvalue weighted by Crippen LogP contribution is -2.48. The zero-order valence-corrected chi connectivity index (χ0v) is 17.8. The van der Waals surface area contributed by atoms with Gasteiger partial charge in [0.2, 0.25) is 5.91 Å². The molecule has 1 aromatic heterocycles. The van der Waals surface area contributed by atoms with Crippen LogP contribution in [-0.2, 0) is 19.1 Å². The predicted molar refractivity (Wildman–Crippen MR) is 110 cm³/mol. The average Bonchev–Trinajstić information content (AvgIpc) is 3.18. The van der Waals surface area contributed by atoms with Gasteiger partial charge in [-0.1, -0.05) is 6.07 Å². The van der Waals surface area contributed by atoms with Crippen molar-refractivity contribution in [2.45, 2.75) is 57.9 Å². The first-order valence-electron chi connectivity index (χ1n) is 10.7. The van der Waals surface area contributed by atoms with E-state index >= 15 is 0 Å². The van der Waals surface area contributed by atoms with Crippen LogP contribution in [0.5, 0.6) is 0 Å². The van der Waals surface area contributed by atoms with Crippen LogP contribution >= 0.6 is 11.3 Å². The largest absolute Gasteiger partial charge is 0.454 e. The third-order valence-corrected chi connectivity index (χ3v) is 7.90. The summed E-state index contributed by atoms with van der Waals surface area (Å²) in [7, 11) is 0. The molecule has 1 atom stereocenters. The summed E-state index contributed by atoms with van der Waals surface area (Å²) in [6.45, 7) is 1.37. The molecule has 0 spiro atoms. The third kappa shape index (κ3) is 5.00. The topological polar surface area (TPSA) is 84.5 Å². The Bertz CT molecular complexity index is 726. The number of rotatable bonds is 8. The van der Waals surface area contributed by atoms with Gasteiger partial charge >= 0.3 is 5.97 Å². The SMILES string of the molecule is C[C@H](NC(=O)COC(=O)CNC(=O)CC12CC3CC(CC(C3)C1)C2)c1cccs1. The van der Waals surface area contributed by atoms with Gasteiger partial charge in [0.15, 0.2) is 6.61 Å². The molecule has 4 saturated carbocycles. The summed E-state index contributed by atoms with van der Waals surface area (Å²) in [6, 6.07) is 3.75. The monoisotopic (exact) mass is 418 g/mol. The summed E-state index contributed by atoms with van der Waals surface area (Å²) in [5, 5.41) is 7.44. The number of carbonyl (C=O) groups is 3. The van der Waals surface area contributed by atoms with Crippen LogP contribution in [-0.4, -0.2) is 30.9 Å². The van der Waals surface area contributed by atoms with Gasteiger partial charge in [-0.15, -0.1) is 11.3 Å². The van der Waals surface area contributed by atoms with E-state index in [9.17, 15) is 14.4 Å². The highest BCUT2D eigenvalue weighted by Crippen LogP contribution is 2.61. The summed E-state index contributed by atoms with van der Waals surface area (Å²) in [4.78, 5) is 37.3. The van der Waals surface area contributed by atoms with Crippen molar-refractivity contribution in [3.8, 4) is 0 Å². The standard InChI is InChI=1S/C22H30N2O4S/c1-14(18-3-2-4-29-18)24-20(26)13-28-21(27)12-23-19(25)11-22-8-15-5-16(9-22)7-17(6-15)10-22/h2-4,14-17H,5-13H2,1H3,(H,23,25)(H,24,26)/t14-,15?,16?,17?,22?/m0/s1. The third-order valence-electron chi connectivity index (χ3n) is 6.84. The van der Waals surface area contributed by atoms with Crippen molar-refractivity contribution in [1.29, 1.82) is 0 Å². The van der Waals surface area contributed by atoms with Crippen LogP contribution in [0.2, 0.25) is 0 Å². The quantitative estimate of drug-likeness (QED) is 0.635. The molecule has 1 heterocycles. The minimum Gasteiger partial charge on any atom is -0.454 e. The molecule has 1 aromatic rings. The Labute approximate surface area is 175 Å². The van der Waals surface area contributed by atoms with Crippen molar-refractivity contribution in [2.24, 2.45) is 23.2 Å². The fourth-order valence-corrected chi connectivity index (χ4v) is 6.90. The first-order chi connectivity index (χ1) is 13.9. The van der Waals surface area contributed by atoms with Crippen LogP contribution in [0.3, 0.4) is 0 Å². The van der Waals surface area contributed by atoms with Crippen LogP contribution in [0, 0.1) is 23.2 Å². The maximum Gasteiger partial charge on any atom is 0.325 e. The molecule has 29 heavy (non-hydrogen) atoms. The number of hydrogen-bond donors (Lipinski definition) is 2. The lowest BCUT2D eigenvalue weighted by atomic mass is 9.49. The molecule has 158 valence electrons. The molecular formula is C22H30N2O4S. The minimum atomic E-state index is -0.581. The zero-order valence-electron chi connectivity index (χ0n) is 16.9. The summed E-state index contributed by atoms with van der Waals surface area (Å²) >= 11 is 1.56. The summed E-state index contributed by atoms with van der Waals surface area (Å²) in [5.41, 5.74) is 0.153. The molecule has 0 unspecified atom stereocenters. The van der Waals surface area contributed by atoms with Crippen molar-refractivity contribution < 1.29 is 19.1 Å².